The van der Waals surface area contributed by atoms with Crippen LogP contribution in [0.4, 0.5) is 0 Å². The monoisotopic (exact) mass is 230 g/mol. The van der Waals surface area contributed by atoms with Crippen LogP contribution in [-0.4, -0.2) is 16.3 Å². The number of rotatable bonds is 3. The maximum atomic E-state index is 10.3. The Bertz CT molecular complexity index is 484. The van der Waals surface area contributed by atoms with E-state index in [-0.39, 0.29) is 11.8 Å². The van der Waals surface area contributed by atoms with Crippen LogP contribution in [0, 0.1) is 10.8 Å². The van der Waals surface area contributed by atoms with Gasteiger partial charge in [0.25, 0.3) is 0 Å². The Morgan fingerprint density at radius 1 is 1.53 bits per heavy atom. The summed E-state index contributed by atoms with van der Waals surface area (Å²) >= 11 is 0. The number of aryl methyl sites for hydroxylation is 1. The highest BCUT2D eigenvalue weighted by molar-refractivity contribution is 5.53. The number of aromatic nitrogens is 1. The number of allylic oxidation sites excluding steroid dienone is 1. The van der Waals surface area contributed by atoms with Gasteiger partial charge in [0.05, 0.1) is 5.69 Å². The number of nitrogens with zero attached hydrogens (tertiary/aromatic N) is 2. The van der Waals surface area contributed by atoms with Crippen LogP contribution in [0.15, 0.2) is 23.5 Å². The van der Waals surface area contributed by atoms with Gasteiger partial charge in [-0.15, -0.1) is 4.91 Å². The predicted octanol–water partition coefficient (Wildman–Crippen LogP) is 2.23. The van der Waals surface area contributed by atoms with Crippen LogP contribution in [0.1, 0.15) is 35.6 Å². The van der Waals surface area contributed by atoms with Crippen molar-refractivity contribution in [1.29, 1.82) is 0 Å². The van der Waals surface area contributed by atoms with Crippen LogP contribution in [0.3, 0.4) is 0 Å². The lowest BCUT2D eigenvalue weighted by Crippen LogP contribution is -2.06. The number of fused-ring (bicyclic) bond motifs is 1. The predicted molar refractivity (Wildman–Crippen MR) is 64.2 cm³/mol. The van der Waals surface area contributed by atoms with Gasteiger partial charge in [-0.3, -0.25) is 4.98 Å². The highest BCUT2D eigenvalue weighted by Crippen LogP contribution is 2.49. The fourth-order valence-electron chi connectivity index (χ4n) is 2.53. The van der Waals surface area contributed by atoms with Crippen molar-refractivity contribution in [2.24, 2.45) is 11.1 Å². The van der Waals surface area contributed by atoms with Crippen molar-refractivity contribution < 1.29 is 5.11 Å². The third-order valence-corrected chi connectivity index (χ3v) is 3.64. The van der Waals surface area contributed by atoms with E-state index < -0.39 is 6.23 Å². The Hall–Kier alpha value is -1.55. The molecular weight excluding hydrogens is 216 g/mol. The second kappa shape index (κ2) is 4.04. The number of aliphatic hydroxyl groups excluding tert-OH is 1. The zero-order chi connectivity index (χ0) is 11.8. The third-order valence-electron chi connectivity index (χ3n) is 3.64. The smallest absolute Gasteiger partial charge is 0.190 e. The largest absolute Gasteiger partial charge is 0.369 e. The zero-order valence-electron chi connectivity index (χ0n) is 9.41. The summed E-state index contributed by atoms with van der Waals surface area (Å²) in [6.07, 6.45) is 7.91. The van der Waals surface area contributed by atoms with Gasteiger partial charge >= 0.3 is 0 Å². The van der Waals surface area contributed by atoms with E-state index in [0.29, 0.717) is 0 Å². The molecule has 88 valence electrons. The summed E-state index contributed by atoms with van der Waals surface area (Å²) in [6.45, 7) is 0. The molecule has 0 bridgehead atoms. The highest BCUT2D eigenvalue weighted by Gasteiger charge is 2.44. The molecule has 1 aromatic rings. The van der Waals surface area contributed by atoms with Gasteiger partial charge in [0.2, 0.25) is 0 Å². The molecule has 1 fully saturated rings. The summed E-state index contributed by atoms with van der Waals surface area (Å²) in [7, 11) is 0. The normalized spacial score (nSPS) is 27.4. The molecule has 1 aromatic heterocycles. The first kappa shape index (κ1) is 10.6. The SMILES string of the molecule is O=NC(O)C1CC1c1cnc2c(c1)CCC=C2. The Kier molecular flexibility index (Phi) is 2.52. The molecule has 1 N–H and O–H groups in total. The van der Waals surface area contributed by atoms with Gasteiger partial charge in [-0.2, -0.15) is 0 Å². The average molecular weight is 230 g/mol. The van der Waals surface area contributed by atoms with Crippen molar-refractivity contribution in [2.75, 3.05) is 0 Å². The standard InChI is InChI=1S/C13H14N2O2/c16-13(15-17)11-6-10(11)9-5-8-3-1-2-4-12(8)14-7-9/h2,4-5,7,10-11,13,16H,1,3,6H2. The summed E-state index contributed by atoms with van der Waals surface area (Å²) in [5, 5.41) is 12.0. The molecule has 3 atom stereocenters. The molecule has 17 heavy (non-hydrogen) atoms. The van der Waals surface area contributed by atoms with Gasteiger partial charge in [0, 0.05) is 12.1 Å². The molecule has 0 saturated heterocycles. The Morgan fingerprint density at radius 2 is 2.41 bits per heavy atom. The number of aliphatic hydroxyl groups is 1. The molecule has 0 aliphatic heterocycles. The van der Waals surface area contributed by atoms with Crippen molar-refractivity contribution in [1.82, 2.24) is 4.98 Å². The van der Waals surface area contributed by atoms with E-state index in [4.69, 9.17) is 0 Å². The third kappa shape index (κ3) is 1.89. The fourth-order valence-corrected chi connectivity index (χ4v) is 2.53. The van der Waals surface area contributed by atoms with Crippen molar-refractivity contribution in [3.63, 3.8) is 0 Å². The first-order valence-corrected chi connectivity index (χ1v) is 5.95. The van der Waals surface area contributed by atoms with Gasteiger partial charge in [-0.25, -0.2) is 0 Å². The molecule has 0 spiro atoms. The molecule has 2 aliphatic carbocycles. The summed E-state index contributed by atoms with van der Waals surface area (Å²) in [5.41, 5.74) is 3.45. The van der Waals surface area contributed by atoms with E-state index in [1.54, 1.807) is 0 Å². The van der Waals surface area contributed by atoms with Crippen LogP contribution < -0.4 is 0 Å². The number of nitroso groups, excluding NO2 is 1. The summed E-state index contributed by atoms with van der Waals surface area (Å²) in [5.74, 6) is 0.248. The van der Waals surface area contributed by atoms with Crippen LogP contribution in [0.25, 0.3) is 6.08 Å². The summed E-state index contributed by atoms with van der Waals surface area (Å²) < 4.78 is 0. The maximum absolute atomic E-state index is 10.3. The number of hydrogen-bond donors (Lipinski definition) is 1. The van der Waals surface area contributed by atoms with Crippen molar-refractivity contribution in [3.05, 3.63) is 40.1 Å². The van der Waals surface area contributed by atoms with Crippen LogP contribution >= 0.6 is 0 Å². The van der Waals surface area contributed by atoms with E-state index in [9.17, 15) is 10.0 Å². The first-order valence-electron chi connectivity index (χ1n) is 5.95. The molecular formula is C13H14N2O2. The molecule has 3 rings (SSSR count). The van der Waals surface area contributed by atoms with E-state index in [0.717, 1.165) is 30.5 Å². The van der Waals surface area contributed by atoms with E-state index in [1.807, 2.05) is 6.20 Å². The Balaban J connectivity index is 1.82. The topological polar surface area (TPSA) is 62.5 Å². The van der Waals surface area contributed by atoms with E-state index >= 15 is 0 Å². The lowest BCUT2D eigenvalue weighted by molar-refractivity contribution is 0.157. The quantitative estimate of drug-likeness (QED) is 0.810. The van der Waals surface area contributed by atoms with Crippen LogP contribution in [0.2, 0.25) is 0 Å². The average Bonchev–Trinajstić information content (AvgIpc) is 3.17. The molecule has 3 unspecified atom stereocenters. The number of hydrogen-bond acceptors (Lipinski definition) is 4. The lowest BCUT2D eigenvalue weighted by Gasteiger charge is -2.11. The molecule has 0 aromatic carbocycles. The van der Waals surface area contributed by atoms with E-state index in [2.05, 4.69) is 28.4 Å². The second-order valence-electron chi connectivity index (χ2n) is 4.78. The molecule has 1 saturated carbocycles. The van der Waals surface area contributed by atoms with Gasteiger partial charge in [0.15, 0.2) is 6.23 Å². The summed E-state index contributed by atoms with van der Waals surface area (Å²) in [6, 6.07) is 2.16. The molecule has 1 heterocycles. The van der Waals surface area contributed by atoms with Crippen LogP contribution in [0.5, 0.6) is 0 Å². The lowest BCUT2D eigenvalue weighted by atomic mass is 9.99. The van der Waals surface area contributed by atoms with Crippen molar-refractivity contribution in [3.8, 4) is 0 Å². The van der Waals surface area contributed by atoms with E-state index in [1.165, 1.54) is 5.56 Å². The van der Waals surface area contributed by atoms with Gasteiger partial charge < -0.3 is 5.11 Å². The van der Waals surface area contributed by atoms with Gasteiger partial charge in [-0.05, 0) is 47.6 Å². The minimum Gasteiger partial charge on any atom is -0.369 e. The number of pyridine rings is 1. The van der Waals surface area contributed by atoms with Gasteiger partial charge in [0.1, 0.15) is 0 Å². The minimum absolute atomic E-state index is 0.00789. The maximum Gasteiger partial charge on any atom is 0.190 e. The fraction of sp³-hybridized carbons (Fsp3) is 0.462. The second-order valence-corrected chi connectivity index (χ2v) is 4.78. The Morgan fingerprint density at radius 3 is 3.24 bits per heavy atom. The molecule has 2 aliphatic rings. The zero-order valence-corrected chi connectivity index (χ0v) is 9.41. The molecule has 0 amide bonds. The van der Waals surface area contributed by atoms with Gasteiger partial charge in [-0.1, -0.05) is 12.1 Å². The molecule has 0 radical (unpaired) electrons. The first-order chi connectivity index (χ1) is 8.29. The summed E-state index contributed by atoms with van der Waals surface area (Å²) in [4.78, 5) is 14.7. The Labute approximate surface area is 99.4 Å². The van der Waals surface area contributed by atoms with Crippen LogP contribution in [-0.2, 0) is 6.42 Å². The minimum atomic E-state index is -1.06. The molecule has 4 heteroatoms. The van der Waals surface area contributed by atoms with Crippen molar-refractivity contribution in [2.45, 2.75) is 31.4 Å². The molecule has 4 nitrogen and oxygen atoms in total. The van der Waals surface area contributed by atoms with Crippen molar-refractivity contribution >= 4 is 6.08 Å². The highest BCUT2D eigenvalue weighted by atomic mass is 16.3.